The number of aliphatic carboxylic acids is 1. The van der Waals surface area contributed by atoms with Crippen molar-refractivity contribution >= 4 is 32.7 Å². The Hall–Kier alpha value is -1.82. The average Bonchev–Trinajstić information content (AvgIpc) is 2.69. The summed E-state index contributed by atoms with van der Waals surface area (Å²) >= 11 is 1.57. The van der Waals surface area contributed by atoms with Crippen molar-refractivity contribution in [3.8, 4) is 5.75 Å². The largest absolute Gasteiger partial charge is 0.494 e. The Morgan fingerprint density at radius 2 is 2.33 bits per heavy atom. The lowest BCUT2D eigenvalue weighted by atomic mass is 10.0. The molecule has 1 aromatic heterocycles. The van der Waals surface area contributed by atoms with Crippen LogP contribution in [0.1, 0.15) is 0 Å². The van der Waals surface area contributed by atoms with Crippen LogP contribution in [-0.2, 0) is 4.79 Å². The van der Waals surface area contributed by atoms with Crippen LogP contribution in [0.4, 0.5) is 5.13 Å². The number of hydrogen-bond donors (Lipinski definition) is 1. The normalized spacial score (nSPS) is 15.7. The summed E-state index contributed by atoms with van der Waals surface area (Å²) in [5, 5.41) is 9.72. The number of thiazole rings is 1. The van der Waals surface area contributed by atoms with E-state index < -0.39 is 5.97 Å². The van der Waals surface area contributed by atoms with Crippen molar-refractivity contribution in [3.63, 3.8) is 0 Å². The van der Waals surface area contributed by atoms with Crippen LogP contribution < -0.4 is 9.64 Å². The van der Waals surface area contributed by atoms with Gasteiger partial charge in [-0.3, -0.25) is 4.79 Å². The Labute approximate surface area is 108 Å². The predicted octanol–water partition coefficient (Wildman–Crippen LogP) is 1.83. The molecule has 2 aromatic rings. The maximum Gasteiger partial charge on any atom is 0.310 e. The van der Waals surface area contributed by atoms with Crippen LogP contribution in [0.3, 0.4) is 0 Å². The molecule has 3 rings (SSSR count). The number of rotatable bonds is 3. The number of fused-ring (bicyclic) bond motifs is 1. The van der Waals surface area contributed by atoms with Crippen molar-refractivity contribution in [1.29, 1.82) is 0 Å². The number of ether oxygens (including phenoxy) is 1. The van der Waals surface area contributed by atoms with E-state index in [1.54, 1.807) is 18.4 Å². The third-order valence-electron chi connectivity index (χ3n) is 3.09. The second-order valence-electron chi connectivity index (χ2n) is 4.24. The van der Waals surface area contributed by atoms with E-state index in [1.165, 1.54) is 0 Å². The van der Waals surface area contributed by atoms with Crippen LogP contribution in [0.2, 0.25) is 0 Å². The second kappa shape index (κ2) is 4.13. The molecule has 1 N–H and O–H groups in total. The standard InChI is InChI=1S/C12H12N2O3S/c1-17-8-3-2-4-9-10(8)13-12(18-9)14-5-7(6-14)11(15)16/h2-4,7H,5-6H2,1H3,(H,15,16). The number of para-hydroxylation sites is 1. The van der Waals surface area contributed by atoms with Crippen molar-refractivity contribution in [2.45, 2.75) is 0 Å². The van der Waals surface area contributed by atoms with Gasteiger partial charge in [0.15, 0.2) is 5.13 Å². The van der Waals surface area contributed by atoms with Gasteiger partial charge in [-0.1, -0.05) is 17.4 Å². The third kappa shape index (κ3) is 1.69. The van der Waals surface area contributed by atoms with Crippen LogP contribution in [0.15, 0.2) is 18.2 Å². The molecule has 1 aromatic carbocycles. The second-order valence-corrected chi connectivity index (χ2v) is 5.25. The fourth-order valence-electron chi connectivity index (χ4n) is 2.00. The van der Waals surface area contributed by atoms with Gasteiger partial charge in [0.2, 0.25) is 0 Å². The molecule has 1 aliphatic heterocycles. The maximum atomic E-state index is 10.8. The highest BCUT2D eigenvalue weighted by molar-refractivity contribution is 7.22. The third-order valence-corrected chi connectivity index (χ3v) is 4.17. The van der Waals surface area contributed by atoms with Crippen LogP contribution in [0, 0.1) is 5.92 Å². The highest BCUT2D eigenvalue weighted by Crippen LogP contribution is 2.36. The molecule has 1 saturated heterocycles. The van der Waals surface area contributed by atoms with E-state index in [-0.39, 0.29) is 5.92 Å². The predicted molar refractivity (Wildman–Crippen MR) is 69.5 cm³/mol. The quantitative estimate of drug-likeness (QED) is 0.916. The van der Waals surface area contributed by atoms with Gasteiger partial charge >= 0.3 is 5.97 Å². The molecule has 2 heterocycles. The molecule has 0 saturated carbocycles. The Kier molecular flexibility index (Phi) is 2.59. The molecule has 1 fully saturated rings. The van der Waals surface area contributed by atoms with Crippen molar-refractivity contribution in [3.05, 3.63) is 18.2 Å². The summed E-state index contributed by atoms with van der Waals surface area (Å²) < 4.78 is 6.32. The van der Waals surface area contributed by atoms with E-state index in [1.807, 2.05) is 23.1 Å². The van der Waals surface area contributed by atoms with E-state index in [2.05, 4.69) is 4.98 Å². The highest BCUT2D eigenvalue weighted by Gasteiger charge is 2.34. The first kappa shape index (κ1) is 11.3. The molecular weight excluding hydrogens is 252 g/mol. The van der Waals surface area contributed by atoms with Gasteiger partial charge in [0.05, 0.1) is 17.7 Å². The van der Waals surface area contributed by atoms with Crippen molar-refractivity contribution < 1.29 is 14.6 Å². The zero-order valence-electron chi connectivity index (χ0n) is 9.79. The highest BCUT2D eigenvalue weighted by atomic mass is 32.1. The SMILES string of the molecule is COc1cccc2sc(N3CC(C(=O)O)C3)nc12. The number of anilines is 1. The van der Waals surface area contributed by atoms with Gasteiger partial charge in [-0.15, -0.1) is 0 Å². The molecule has 0 spiro atoms. The fraction of sp³-hybridized carbons (Fsp3) is 0.333. The van der Waals surface area contributed by atoms with Gasteiger partial charge in [0, 0.05) is 13.1 Å². The number of carboxylic acids is 1. The van der Waals surface area contributed by atoms with Gasteiger partial charge in [-0.2, -0.15) is 0 Å². The lowest BCUT2D eigenvalue weighted by molar-refractivity contribution is -0.142. The van der Waals surface area contributed by atoms with E-state index in [0.717, 1.165) is 21.1 Å². The molecule has 18 heavy (non-hydrogen) atoms. The molecule has 0 atom stereocenters. The van der Waals surface area contributed by atoms with Gasteiger partial charge in [0.25, 0.3) is 0 Å². The topological polar surface area (TPSA) is 62.7 Å². The van der Waals surface area contributed by atoms with Crippen LogP contribution in [0.5, 0.6) is 5.75 Å². The van der Waals surface area contributed by atoms with E-state index in [4.69, 9.17) is 9.84 Å². The molecule has 5 nitrogen and oxygen atoms in total. The van der Waals surface area contributed by atoms with Gasteiger partial charge in [-0.25, -0.2) is 4.98 Å². The minimum Gasteiger partial charge on any atom is -0.494 e. The van der Waals surface area contributed by atoms with E-state index >= 15 is 0 Å². The fourth-order valence-corrected chi connectivity index (χ4v) is 3.00. The van der Waals surface area contributed by atoms with Crippen molar-refractivity contribution in [2.75, 3.05) is 25.1 Å². The smallest absolute Gasteiger partial charge is 0.310 e. The number of carbonyl (C=O) groups is 1. The van der Waals surface area contributed by atoms with Crippen LogP contribution in [-0.4, -0.2) is 36.3 Å². The maximum absolute atomic E-state index is 10.8. The van der Waals surface area contributed by atoms with Gasteiger partial charge in [0.1, 0.15) is 11.3 Å². The van der Waals surface area contributed by atoms with Gasteiger partial charge in [-0.05, 0) is 12.1 Å². The van der Waals surface area contributed by atoms with Gasteiger partial charge < -0.3 is 14.7 Å². The first-order valence-electron chi connectivity index (χ1n) is 5.60. The minimum atomic E-state index is -0.732. The average molecular weight is 264 g/mol. The first-order chi connectivity index (χ1) is 8.69. The lowest BCUT2D eigenvalue weighted by Gasteiger charge is -2.36. The van der Waals surface area contributed by atoms with Crippen LogP contribution in [0.25, 0.3) is 10.2 Å². The number of hydrogen-bond acceptors (Lipinski definition) is 5. The number of nitrogens with zero attached hydrogens (tertiary/aromatic N) is 2. The number of benzene rings is 1. The summed E-state index contributed by atoms with van der Waals surface area (Å²) in [6, 6.07) is 5.80. The number of aromatic nitrogens is 1. The molecule has 1 aliphatic rings. The van der Waals surface area contributed by atoms with Crippen molar-refractivity contribution in [2.24, 2.45) is 5.92 Å². The zero-order valence-corrected chi connectivity index (χ0v) is 10.6. The summed E-state index contributed by atoms with van der Waals surface area (Å²) in [6.45, 7) is 1.08. The minimum absolute atomic E-state index is 0.265. The molecule has 94 valence electrons. The molecule has 6 heteroatoms. The summed E-state index contributed by atoms with van der Waals surface area (Å²) in [4.78, 5) is 17.3. The Morgan fingerprint density at radius 1 is 1.56 bits per heavy atom. The zero-order chi connectivity index (χ0) is 12.7. The van der Waals surface area contributed by atoms with Crippen LogP contribution >= 0.6 is 11.3 Å². The van der Waals surface area contributed by atoms with E-state index in [9.17, 15) is 4.79 Å². The molecule has 0 amide bonds. The summed E-state index contributed by atoms with van der Waals surface area (Å²) in [7, 11) is 1.62. The van der Waals surface area contributed by atoms with Crippen molar-refractivity contribution in [1.82, 2.24) is 4.98 Å². The molecule has 0 radical (unpaired) electrons. The lowest BCUT2D eigenvalue weighted by Crippen LogP contribution is -2.50. The Bertz CT molecular complexity index is 604. The molecular formula is C12H12N2O3S. The monoisotopic (exact) mass is 264 g/mol. The first-order valence-corrected chi connectivity index (χ1v) is 6.42. The number of methoxy groups -OCH3 is 1. The Morgan fingerprint density at radius 3 is 3.00 bits per heavy atom. The number of carboxylic acid groups (broad SMARTS) is 1. The molecule has 0 unspecified atom stereocenters. The summed E-state index contributed by atoms with van der Waals surface area (Å²) in [6.07, 6.45) is 0. The Balaban J connectivity index is 1.89. The molecule has 0 aliphatic carbocycles. The summed E-state index contributed by atoms with van der Waals surface area (Å²) in [5.74, 6) is -0.242. The summed E-state index contributed by atoms with van der Waals surface area (Å²) in [5.41, 5.74) is 0.846. The van der Waals surface area contributed by atoms with E-state index in [0.29, 0.717) is 13.1 Å². The molecule has 0 bridgehead atoms.